The van der Waals surface area contributed by atoms with Gasteiger partial charge in [0.05, 0.1) is 5.75 Å². The topological polar surface area (TPSA) is 77.0 Å². The second-order valence-electron chi connectivity index (χ2n) is 6.73. The van der Waals surface area contributed by atoms with Crippen LogP contribution in [-0.4, -0.2) is 82.8 Å². The first-order valence-electron chi connectivity index (χ1n) is 9.91. The van der Waals surface area contributed by atoms with E-state index >= 15 is 0 Å². The van der Waals surface area contributed by atoms with Crippen LogP contribution in [0.5, 0.6) is 0 Å². The number of piperazine rings is 1. The molecule has 2 rings (SSSR count). The number of guanidine groups is 1. The lowest BCUT2D eigenvalue weighted by molar-refractivity contribution is 0.194. The lowest BCUT2D eigenvalue weighted by Crippen LogP contribution is -2.52. The fraction of sp³-hybridized carbons (Fsp3) is 0.550. The van der Waals surface area contributed by atoms with E-state index in [0.29, 0.717) is 13.1 Å². The van der Waals surface area contributed by atoms with Crippen LogP contribution in [0, 0.1) is 0 Å². The average Bonchev–Trinajstić information content (AvgIpc) is 2.72. The standard InChI is InChI=1S/C20H33N5O2S.HI/c1-3-28(26,27)23-13-8-12-22-20(21-2)25-17-15-24(16-18-25)14-7-11-19-9-5-4-6-10-19;/h4-7,9-11,23H,3,8,12-18H2,1-2H3,(H,21,22);1H/b11-7+;. The normalized spacial score (nSPS) is 16.1. The third kappa shape index (κ3) is 9.92. The van der Waals surface area contributed by atoms with E-state index in [-0.39, 0.29) is 29.7 Å². The SMILES string of the molecule is CCS(=O)(=O)NCCCNC(=NC)N1CCN(C/C=C/c2ccccc2)CC1.I. The molecule has 164 valence electrons. The molecule has 0 aromatic heterocycles. The van der Waals surface area contributed by atoms with Gasteiger partial charge in [-0.3, -0.25) is 9.89 Å². The predicted octanol–water partition coefficient (Wildman–Crippen LogP) is 1.84. The summed E-state index contributed by atoms with van der Waals surface area (Å²) in [6, 6.07) is 10.3. The van der Waals surface area contributed by atoms with Crippen molar-refractivity contribution in [2.45, 2.75) is 13.3 Å². The van der Waals surface area contributed by atoms with Crippen LogP contribution in [0.4, 0.5) is 0 Å². The highest BCUT2D eigenvalue weighted by Gasteiger charge is 2.18. The van der Waals surface area contributed by atoms with Gasteiger partial charge in [0.15, 0.2) is 5.96 Å². The van der Waals surface area contributed by atoms with Crippen molar-refractivity contribution in [3.05, 3.63) is 42.0 Å². The van der Waals surface area contributed by atoms with Crippen LogP contribution in [-0.2, 0) is 10.0 Å². The van der Waals surface area contributed by atoms with Gasteiger partial charge in [-0.1, -0.05) is 42.5 Å². The highest BCUT2D eigenvalue weighted by molar-refractivity contribution is 14.0. The number of aliphatic imine (C=N–C) groups is 1. The zero-order valence-corrected chi connectivity index (χ0v) is 20.5. The fourth-order valence-corrected chi connectivity index (χ4v) is 3.65. The first-order chi connectivity index (χ1) is 13.5. The van der Waals surface area contributed by atoms with Crippen molar-refractivity contribution < 1.29 is 8.42 Å². The number of sulfonamides is 1. The summed E-state index contributed by atoms with van der Waals surface area (Å²) >= 11 is 0. The summed E-state index contributed by atoms with van der Waals surface area (Å²) < 4.78 is 25.4. The van der Waals surface area contributed by atoms with E-state index < -0.39 is 10.0 Å². The van der Waals surface area contributed by atoms with Crippen molar-refractivity contribution in [1.82, 2.24) is 19.8 Å². The molecule has 0 radical (unpaired) electrons. The quantitative estimate of drug-likeness (QED) is 0.219. The number of nitrogens with one attached hydrogen (secondary N) is 2. The molecule has 0 atom stereocenters. The maximum Gasteiger partial charge on any atom is 0.211 e. The zero-order valence-electron chi connectivity index (χ0n) is 17.4. The molecular weight excluding hydrogens is 501 g/mol. The molecule has 1 aromatic rings. The number of rotatable bonds is 9. The molecular formula is C20H34IN5O2S. The second kappa shape index (κ2) is 13.9. The van der Waals surface area contributed by atoms with Crippen molar-refractivity contribution in [3.63, 3.8) is 0 Å². The maximum atomic E-state index is 11.4. The lowest BCUT2D eigenvalue weighted by Gasteiger charge is -2.36. The molecule has 0 aliphatic carbocycles. The molecule has 1 fully saturated rings. The van der Waals surface area contributed by atoms with E-state index in [2.05, 4.69) is 61.2 Å². The molecule has 0 spiro atoms. The third-order valence-corrected chi connectivity index (χ3v) is 6.10. The van der Waals surface area contributed by atoms with E-state index in [1.807, 2.05) is 6.07 Å². The minimum absolute atomic E-state index is 0. The molecule has 1 aliphatic rings. The smallest absolute Gasteiger partial charge is 0.211 e. The van der Waals surface area contributed by atoms with Crippen LogP contribution in [0.1, 0.15) is 18.9 Å². The van der Waals surface area contributed by atoms with Crippen LogP contribution < -0.4 is 10.0 Å². The maximum absolute atomic E-state index is 11.4. The lowest BCUT2D eigenvalue weighted by atomic mass is 10.2. The number of benzene rings is 1. The van der Waals surface area contributed by atoms with Gasteiger partial charge < -0.3 is 10.2 Å². The summed E-state index contributed by atoms with van der Waals surface area (Å²) in [6.07, 6.45) is 5.11. The van der Waals surface area contributed by atoms with E-state index in [9.17, 15) is 8.42 Å². The highest BCUT2D eigenvalue weighted by Crippen LogP contribution is 2.05. The van der Waals surface area contributed by atoms with Gasteiger partial charge in [-0.15, -0.1) is 24.0 Å². The summed E-state index contributed by atoms with van der Waals surface area (Å²) in [7, 11) is -1.32. The number of hydrogen-bond acceptors (Lipinski definition) is 4. The van der Waals surface area contributed by atoms with Gasteiger partial charge in [-0.2, -0.15) is 0 Å². The van der Waals surface area contributed by atoms with Crippen molar-refractivity contribution in [2.75, 3.05) is 58.6 Å². The highest BCUT2D eigenvalue weighted by atomic mass is 127. The van der Waals surface area contributed by atoms with E-state index in [4.69, 9.17) is 0 Å². The Morgan fingerprint density at radius 3 is 2.45 bits per heavy atom. The van der Waals surface area contributed by atoms with Crippen LogP contribution in [0.25, 0.3) is 6.08 Å². The summed E-state index contributed by atoms with van der Waals surface area (Å²) in [5, 5.41) is 3.33. The molecule has 0 amide bonds. The van der Waals surface area contributed by atoms with Crippen molar-refractivity contribution in [3.8, 4) is 0 Å². The molecule has 1 aliphatic heterocycles. The molecule has 0 saturated carbocycles. The van der Waals surface area contributed by atoms with E-state index in [1.54, 1.807) is 14.0 Å². The number of hydrogen-bond donors (Lipinski definition) is 2. The van der Waals surface area contributed by atoms with Crippen LogP contribution in [0.2, 0.25) is 0 Å². The minimum atomic E-state index is -3.11. The van der Waals surface area contributed by atoms with Gasteiger partial charge in [0, 0.05) is 52.9 Å². The second-order valence-corrected chi connectivity index (χ2v) is 8.82. The molecule has 0 bridgehead atoms. The summed E-state index contributed by atoms with van der Waals surface area (Å²) in [4.78, 5) is 9.05. The zero-order chi connectivity index (χ0) is 20.2. The van der Waals surface area contributed by atoms with Crippen molar-refractivity contribution in [2.24, 2.45) is 4.99 Å². The number of halogens is 1. The fourth-order valence-electron chi connectivity index (χ4n) is 2.99. The molecule has 1 saturated heterocycles. The molecule has 0 unspecified atom stereocenters. The number of nitrogens with zero attached hydrogens (tertiary/aromatic N) is 3. The molecule has 1 aromatic carbocycles. The van der Waals surface area contributed by atoms with Crippen LogP contribution in [0.3, 0.4) is 0 Å². The van der Waals surface area contributed by atoms with Gasteiger partial charge in [-0.05, 0) is 18.9 Å². The Balaban J connectivity index is 0.00000420. The van der Waals surface area contributed by atoms with Gasteiger partial charge in [0.25, 0.3) is 0 Å². The van der Waals surface area contributed by atoms with Gasteiger partial charge in [0.2, 0.25) is 10.0 Å². The Morgan fingerprint density at radius 1 is 1.14 bits per heavy atom. The third-order valence-electron chi connectivity index (χ3n) is 4.70. The largest absolute Gasteiger partial charge is 0.356 e. The monoisotopic (exact) mass is 535 g/mol. The first-order valence-corrected chi connectivity index (χ1v) is 11.6. The molecule has 2 N–H and O–H groups in total. The predicted molar refractivity (Wildman–Crippen MR) is 132 cm³/mol. The molecule has 9 heteroatoms. The summed E-state index contributed by atoms with van der Waals surface area (Å²) in [6.45, 7) is 7.58. The van der Waals surface area contributed by atoms with Crippen LogP contribution >= 0.6 is 24.0 Å². The first kappa shape index (κ1) is 25.9. The van der Waals surface area contributed by atoms with Gasteiger partial charge in [-0.25, -0.2) is 13.1 Å². The molecule has 29 heavy (non-hydrogen) atoms. The molecule has 1 heterocycles. The average molecular weight is 535 g/mol. The Hall–Kier alpha value is -1.17. The summed E-state index contributed by atoms with van der Waals surface area (Å²) in [5.41, 5.74) is 1.23. The Labute approximate surface area is 192 Å². The van der Waals surface area contributed by atoms with Crippen molar-refractivity contribution >= 4 is 46.0 Å². The Bertz CT molecular complexity index is 732. The Kier molecular flexibility index (Phi) is 12.4. The van der Waals surface area contributed by atoms with Gasteiger partial charge in [0.1, 0.15) is 0 Å². The van der Waals surface area contributed by atoms with Crippen molar-refractivity contribution in [1.29, 1.82) is 0 Å². The summed E-state index contributed by atoms with van der Waals surface area (Å²) in [5.74, 6) is 1.00. The van der Waals surface area contributed by atoms with E-state index in [1.165, 1.54) is 5.56 Å². The van der Waals surface area contributed by atoms with Gasteiger partial charge >= 0.3 is 0 Å². The van der Waals surface area contributed by atoms with Crippen LogP contribution in [0.15, 0.2) is 41.4 Å². The molecule has 7 nitrogen and oxygen atoms in total. The Morgan fingerprint density at radius 2 is 1.83 bits per heavy atom. The minimum Gasteiger partial charge on any atom is -0.356 e. The van der Waals surface area contributed by atoms with E-state index in [0.717, 1.165) is 45.1 Å².